The number of aromatic nitrogens is 2. The van der Waals surface area contributed by atoms with E-state index in [9.17, 15) is 14.9 Å². The first-order chi connectivity index (χ1) is 12.5. The van der Waals surface area contributed by atoms with Crippen molar-refractivity contribution in [1.82, 2.24) is 15.5 Å². The van der Waals surface area contributed by atoms with Crippen LogP contribution in [-0.2, 0) is 0 Å². The molecule has 0 bridgehead atoms. The van der Waals surface area contributed by atoms with E-state index in [2.05, 4.69) is 15.5 Å². The van der Waals surface area contributed by atoms with Crippen LogP contribution in [-0.4, -0.2) is 27.8 Å². The van der Waals surface area contributed by atoms with Gasteiger partial charge >= 0.3 is 0 Å². The third kappa shape index (κ3) is 2.69. The molecule has 1 atom stereocenters. The van der Waals surface area contributed by atoms with Crippen LogP contribution in [0.25, 0.3) is 10.9 Å². The average molecular weight is 354 g/mol. The molecule has 0 saturated carbocycles. The van der Waals surface area contributed by atoms with Gasteiger partial charge in [0.1, 0.15) is 0 Å². The molecule has 9 nitrogen and oxygen atoms in total. The molecule has 1 unspecified atom stereocenters. The summed E-state index contributed by atoms with van der Waals surface area (Å²) in [7, 11) is 0. The van der Waals surface area contributed by atoms with Gasteiger partial charge in [-0.1, -0.05) is 6.07 Å². The molecule has 3 aromatic rings. The number of fused-ring (bicyclic) bond motifs is 2. The smallest absolute Gasteiger partial charge is 0.272 e. The molecule has 132 valence electrons. The third-order valence-electron chi connectivity index (χ3n) is 4.22. The van der Waals surface area contributed by atoms with E-state index in [1.165, 1.54) is 18.2 Å². The number of nitro groups is 1. The zero-order valence-corrected chi connectivity index (χ0v) is 13.7. The molecule has 0 radical (unpaired) electrons. The van der Waals surface area contributed by atoms with Crippen molar-refractivity contribution in [2.24, 2.45) is 0 Å². The minimum absolute atomic E-state index is 0.100. The van der Waals surface area contributed by atoms with Gasteiger partial charge in [-0.15, -0.1) is 0 Å². The van der Waals surface area contributed by atoms with E-state index in [1.54, 1.807) is 12.1 Å². The first-order valence-electron chi connectivity index (χ1n) is 7.86. The molecule has 0 aliphatic carbocycles. The number of carbonyl (C=O) groups excluding carboxylic acids is 1. The first-order valence-corrected chi connectivity index (χ1v) is 7.86. The summed E-state index contributed by atoms with van der Waals surface area (Å²) >= 11 is 0. The Hall–Kier alpha value is -3.62. The van der Waals surface area contributed by atoms with Crippen LogP contribution in [0.3, 0.4) is 0 Å². The number of H-pyrrole nitrogens is 1. The lowest BCUT2D eigenvalue weighted by Crippen LogP contribution is -2.27. The lowest BCUT2D eigenvalue weighted by Gasteiger charge is -2.14. The highest BCUT2D eigenvalue weighted by atomic mass is 16.7. The number of hydrogen-bond acceptors (Lipinski definition) is 6. The van der Waals surface area contributed by atoms with Crippen LogP contribution >= 0.6 is 0 Å². The van der Waals surface area contributed by atoms with E-state index in [0.717, 1.165) is 5.56 Å². The number of amides is 1. The van der Waals surface area contributed by atoms with E-state index in [4.69, 9.17) is 9.47 Å². The fourth-order valence-electron chi connectivity index (χ4n) is 2.82. The summed E-state index contributed by atoms with van der Waals surface area (Å²) in [5.41, 5.74) is 1.40. The number of benzene rings is 2. The Morgan fingerprint density at radius 1 is 1.27 bits per heavy atom. The number of non-ortho nitro benzene ring substituents is 1. The van der Waals surface area contributed by atoms with Crippen LogP contribution in [0.2, 0.25) is 0 Å². The number of ether oxygens (including phenoxy) is 2. The lowest BCUT2D eigenvalue weighted by molar-refractivity contribution is -0.384. The quantitative estimate of drug-likeness (QED) is 0.549. The number of nitro benzene ring substituents is 1. The van der Waals surface area contributed by atoms with Crippen molar-refractivity contribution in [3.05, 3.63) is 57.8 Å². The van der Waals surface area contributed by atoms with Crippen molar-refractivity contribution < 1.29 is 19.2 Å². The topological polar surface area (TPSA) is 119 Å². The van der Waals surface area contributed by atoms with Crippen molar-refractivity contribution >= 4 is 22.5 Å². The highest BCUT2D eigenvalue weighted by Crippen LogP contribution is 2.34. The van der Waals surface area contributed by atoms with E-state index >= 15 is 0 Å². The van der Waals surface area contributed by atoms with Gasteiger partial charge in [0.05, 0.1) is 16.5 Å². The summed E-state index contributed by atoms with van der Waals surface area (Å²) < 4.78 is 10.6. The number of rotatable bonds is 4. The molecule has 2 aromatic carbocycles. The highest BCUT2D eigenvalue weighted by Gasteiger charge is 2.21. The molecule has 4 rings (SSSR count). The third-order valence-corrected chi connectivity index (χ3v) is 4.22. The van der Waals surface area contributed by atoms with Gasteiger partial charge in [0.25, 0.3) is 11.6 Å². The molecule has 2 heterocycles. The van der Waals surface area contributed by atoms with E-state index in [1.807, 2.05) is 13.0 Å². The number of nitrogens with zero attached hydrogens (tertiary/aromatic N) is 2. The Labute approximate surface area is 147 Å². The zero-order chi connectivity index (χ0) is 18.3. The lowest BCUT2D eigenvalue weighted by atomic mass is 10.1. The van der Waals surface area contributed by atoms with Gasteiger partial charge in [0.2, 0.25) is 6.79 Å². The second kappa shape index (κ2) is 6.03. The molecule has 1 aliphatic rings. The van der Waals surface area contributed by atoms with Crippen molar-refractivity contribution in [3.8, 4) is 11.5 Å². The van der Waals surface area contributed by atoms with Crippen molar-refractivity contribution in [2.45, 2.75) is 13.0 Å². The molecule has 1 aliphatic heterocycles. The number of nitrogens with one attached hydrogen (secondary N) is 2. The Balaban J connectivity index is 1.59. The largest absolute Gasteiger partial charge is 0.454 e. The monoisotopic (exact) mass is 354 g/mol. The maximum atomic E-state index is 12.6. The normalized spacial score (nSPS) is 13.6. The number of carbonyl (C=O) groups is 1. The van der Waals surface area contributed by atoms with Crippen LogP contribution in [0.1, 0.15) is 29.0 Å². The van der Waals surface area contributed by atoms with Gasteiger partial charge in [0, 0.05) is 17.5 Å². The van der Waals surface area contributed by atoms with Crippen LogP contribution in [0, 0.1) is 10.1 Å². The summed E-state index contributed by atoms with van der Waals surface area (Å²) in [6, 6.07) is 9.33. The minimum Gasteiger partial charge on any atom is -0.454 e. The second-order valence-electron chi connectivity index (χ2n) is 5.87. The van der Waals surface area contributed by atoms with Crippen LogP contribution in [0.4, 0.5) is 5.69 Å². The summed E-state index contributed by atoms with van der Waals surface area (Å²) in [6.07, 6.45) is 0. The van der Waals surface area contributed by atoms with Gasteiger partial charge in [-0.2, -0.15) is 5.10 Å². The molecule has 1 amide bonds. The Bertz CT molecular complexity index is 1030. The second-order valence-corrected chi connectivity index (χ2v) is 5.87. The Morgan fingerprint density at radius 2 is 2.08 bits per heavy atom. The Morgan fingerprint density at radius 3 is 2.88 bits per heavy atom. The number of hydrogen-bond donors (Lipinski definition) is 2. The summed E-state index contributed by atoms with van der Waals surface area (Å²) in [5.74, 6) is 0.865. The van der Waals surface area contributed by atoms with Gasteiger partial charge in [-0.25, -0.2) is 0 Å². The number of aromatic amines is 1. The molecule has 9 heteroatoms. The maximum Gasteiger partial charge on any atom is 0.272 e. The SMILES string of the molecule is CC(NC(=O)c1n[nH]c2ccc([N+](=O)[O-])cc12)c1ccc2c(c1)OCO2. The van der Waals surface area contributed by atoms with Crippen molar-refractivity contribution in [1.29, 1.82) is 0 Å². The zero-order valence-electron chi connectivity index (χ0n) is 13.7. The van der Waals surface area contributed by atoms with E-state index < -0.39 is 10.8 Å². The first kappa shape index (κ1) is 15.9. The molecular formula is C17H14N4O5. The predicted octanol–water partition coefficient (Wildman–Crippen LogP) is 2.69. The van der Waals surface area contributed by atoms with E-state index in [-0.39, 0.29) is 24.2 Å². The predicted molar refractivity (Wildman–Crippen MR) is 91.2 cm³/mol. The van der Waals surface area contributed by atoms with Gasteiger partial charge in [-0.3, -0.25) is 20.0 Å². The van der Waals surface area contributed by atoms with Crippen LogP contribution < -0.4 is 14.8 Å². The van der Waals surface area contributed by atoms with Gasteiger partial charge < -0.3 is 14.8 Å². The molecule has 0 saturated heterocycles. The summed E-state index contributed by atoms with van der Waals surface area (Å²) in [4.78, 5) is 23.0. The molecule has 0 fully saturated rings. The molecule has 26 heavy (non-hydrogen) atoms. The average Bonchev–Trinajstić information content (AvgIpc) is 3.26. The van der Waals surface area contributed by atoms with Gasteiger partial charge in [0.15, 0.2) is 17.2 Å². The van der Waals surface area contributed by atoms with Crippen LogP contribution in [0.15, 0.2) is 36.4 Å². The minimum atomic E-state index is -0.511. The highest BCUT2D eigenvalue weighted by molar-refractivity contribution is 6.05. The molecule has 0 spiro atoms. The van der Waals surface area contributed by atoms with Crippen LogP contribution in [0.5, 0.6) is 11.5 Å². The molecule has 2 N–H and O–H groups in total. The summed E-state index contributed by atoms with van der Waals surface area (Å²) in [6.45, 7) is 2.00. The molecule has 1 aromatic heterocycles. The fraction of sp³-hybridized carbons (Fsp3) is 0.176. The van der Waals surface area contributed by atoms with E-state index in [0.29, 0.717) is 22.4 Å². The fourth-order valence-corrected chi connectivity index (χ4v) is 2.82. The Kier molecular flexibility index (Phi) is 3.68. The van der Waals surface area contributed by atoms with Crippen molar-refractivity contribution in [3.63, 3.8) is 0 Å². The standard InChI is InChI=1S/C17H14N4O5/c1-9(10-2-5-14-15(6-10)26-8-25-14)18-17(22)16-12-7-11(21(23)24)3-4-13(12)19-20-16/h2-7,9H,8H2,1H3,(H,18,22)(H,19,20). The summed E-state index contributed by atoms with van der Waals surface area (Å²) in [5, 5.41) is 20.9. The maximum absolute atomic E-state index is 12.6. The van der Waals surface area contributed by atoms with Crippen molar-refractivity contribution in [2.75, 3.05) is 6.79 Å². The van der Waals surface area contributed by atoms with Gasteiger partial charge in [-0.05, 0) is 30.7 Å². The molecular weight excluding hydrogens is 340 g/mol.